The predicted molar refractivity (Wildman–Crippen MR) is 76.2 cm³/mol. The monoisotopic (exact) mass is 303 g/mol. The molecule has 0 fully saturated rings. The molecule has 0 spiro atoms. The number of para-hydroxylation sites is 1. The van der Waals surface area contributed by atoms with Crippen molar-refractivity contribution >= 4 is 22.5 Å². The summed E-state index contributed by atoms with van der Waals surface area (Å²) in [5, 5.41) is 27.4. The summed E-state index contributed by atoms with van der Waals surface area (Å²) in [4.78, 5) is 0. The minimum absolute atomic E-state index is 0.0419. The maximum atomic E-state index is 13.4. The number of hydrogen-bond donors (Lipinski definition) is 1. The molecular weight excluding hydrogens is 292 g/mol. The fourth-order valence-corrected chi connectivity index (χ4v) is 2.19. The first-order chi connectivity index (χ1) is 10.5. The number of nitrogens with one attached hydrogen (secondary N) is 1. The van der Waals surface area contributed by atoms with Gasteiger partial charge in [0.05, 0.1) is 6.07 Å². The van der Waals surface area contributed by atoms with Crippen LogP contribution in [0.15, 0.2) is 42.5 Å². The van der Waals surface area contributed by atoms with Gasteiger partial charge in [-0.05, 0) is 12.1 Å². The summed E-state index contributed by atoms with van der Waals surface area (Å²) in [6.07, 6.45) is 0. The molecule has 0 aliphatic rings. The number of fused-ring (bicyclic) bond motifs is 1. The Balaban J connectivity index is 2.25. The van der Waals surface area contributed by atoms with Crippen LogP contribution in [0.3, 0.4) is 0 Å². The van der Waals surface area contributed by atoms with E-state index in [4.69, 9.17) is 0 Å². The molecule has 1 aromatic heterocycles. The zero-order valence-corrected chi connectivity index (χ0v) is 11.5. The molecule has 3 rings (SSSR count). The molecule has 2 aromatic carbocycles. The molecular formula is C15H11F2N3O2. The zero-order valence-electron chi connectivity index (χ0n) is 11.5. The van der Waals surface area contributed by atoms with Crippen molar-refractivity contribution in [3.8, 4) is 0 Å². The van der Waals surface area contributed by atoms with Gasteiger partial charge in [0.2, 0.25) is 5.52 Å². The summed E-state index contributed by atoms with van der Waals surface area (Å²) < 4.78 is 27.4. The van der Waals surface area contributed by atoms with Gasteiger partial charge in [0.1, 0.15) is 5.69 Å². The second kappa shape index (κ2) is 5.10. The van der Waals surface area contributed by atoms with Crippen molar-refractivity contribution in [1.82, 2.24) is 0 Å². The highest BCUT2D eigenvalue weighted by Crippen LogP contribution is 2.19. The number of rotatable bonds is 2. The molecule has 0 unspecified atom stereocenters. The Bertz CT molecular complexity index is 870. The molecule has 0 saturated carbocycles. The third-order valence-electron chi connectivity index (χ3n) is 3.34. The lowest BCUT2D eigenvalue weighted by Gasteiger charge is -2.14. The van der Waals surface area contributed by atoms with Crippen LogP contribution >= 0.6 is 0 Å². The van der Waals surface area contributed by atoms with Crippen LogP contribution in [-0.2, 0) is 0 Å². The van der Waals surface area contributed by atoms with Gasteiger partial charge in [0.15, 0.2) is 11.6 Å². The van der Waals surface area contributed by atoms with Crippen molar-refractivity contribution in [2.75, 3.05) is 5.32 Å². The molecule has 3 aromatic rings. The maximum Gasteiger partial charge on any atom is 0.352 e. The molecule has 0 saturated heterocycles. The molecule has 7 heteroatoms. The number of hydrogen-bond acceptors (Lipinski definition) is 3. The van der Waals surface area contributed by atoms with Crippen molar-refractivity contribution in [2.24, 2.45) is 0 Å². The van der Waals surface area contributed by atoms with E-state index < -0.39 is 11.6 Å². The van der Waals surface area contributed by atoms with Crippen LogP contribution in [0.5, 0.6) is 0 Å². The van der Waals surface area contributed by atoms with Gasteiger partial charge in [-0.1, -0.05) is 18.2 Å². The van der Waals surface area contributed by atoms with Crippen molar-refractivity contribution in [1.29, 1.82) is 0 Å². The summed E-state index contributed by atoms with van der Waals surface area (Å²) in [6, 6.07) is 10.2. The van der Waals surface area contributed by atoms with E-state index in [-0.39, 0.29) is 22.5 Å². The van der Waals surface area contributed by atoms with E-state index in [0.29, 0.717) is 27.3 Å². The first kappa shape index (κ1) is 14.0. The van der Waals surface area contributed by atoms with Crippen molar-refractivity contribution in [2.45, 2.75) is 6.92 Å². The van der Waals surface area contributed by atoms with E-state index in [9.17, 15) is 19.2 Å². The third kappa shape index (κ3) is 2.16. The Hall–Kier alpha value is -2.96. The van der Waals surface area contributed by atoms with Crippen molar-refractivity contribution in [3.63, 3.8) is 0 Å². The van der Waals surface area contributed by atoms with Gasteiger partial charge in [-0.3, -0.25) is 0 Å². The third-order valence-corrected chi connectivity index (χ3v) is 3.34. The molecule has 0 aliphatic carbocycles. The number of benzene rings is 2. The smallest absolute Gasteiger partial charge is 0.352 e. The van der Waals surface area contributed by atoms with Gasteiger partial charge in [-0.25, -0.2) is 18.8 Å². The zero-order chi connectivity index (χ0) is 15.9. The second-order valence-electron chi connectivity index (χ2n) is 4.77. The number of nitrogens with zero attached hydrogens (tertiary/aromatic N) is 2. The van der Waals surface area contributed by atoms with Gasteiger partial charge >= 0.3 is 5.82 Å². The molecule has 0 radical (unpaired) electrons. The van der Waals surface area contributed by atoms with E-state index in [2.05, 4.69) is 5.32 Å². The molecule has 22 heavy (non-hydrogen) atoms. The molecule has 5 nitrogen and oxygen atoms in total. The van der Waals surface area contributed by atoms with Crippen LogP contribution in [-0.4, -0.2) is 0 Å². The lowest BCUT2D eigenvalue weighted by Crippen LogP contribution is -2.43. The van der Waals surface area contributed by atoms with Gasteiger partial charge < -0.3 is 10.4 Å². The summed E-state index contributed by atoms with van der Waals surface area (Å²) in [5.74, 6) is -2.41. The van der Waals surface area contributed by atoms with Crippen LogP contribution in [0.25, 0.3) is 11.0 Å². The highest BCUT2D eigenvalue weighted by molar-refractivity contribution is 5.70. The van der Waals surface area contributed by atoms with E-state index in [1.54, 1.807) is 30.3 Å². The number of anilines is 2. The summed E-state index contributed by atoms with van der Waals surface area (Å²) in [7, 11) is 0. The van der Waals surface area contributed by atoms with E-state index in [0.717, 1.165) is 0 Å². The Kier molecular flexibility index (Phi) is 3.25. The van der Waals surface area contributed by atoms with Gasteiger partial charge in [0.25, 0.3) is 11.2 Å². The summed E-state index contributed by atoms with van der Waals surface area (Å²) >= 11 is 0. The van der Waals surface area contributed by atoms with E-state index in [1.807, 2.05) is 0 Å². The highest BCUT2D eigenvalue weighted by Gasteiger charge is 2.25. The quantitative estimate of drug-likeness (QED) is 0.584. The maximum absolute atomic E-state index is 13.4. The Morgan fingerprint density at radius 3 is 2.05 bits per heavy atom. The van der Waals surface area contributed by atoms with Crippen LogP contribution in [0, 0.1) is 29.0 Å². The molecule has 112 valence electrons. The lowest BCUT2D eigenvalue weighted by atomic mass is 10.2. The summed E-state index contributed by atoms with van der Waals surface area (Å²) in [6.45, 7) is 1.42. The second-order valence-corrected chi connectivity index (χ2v) is 4.77. The average Bonchev–Trinajstić information content (AvgIpc) is 2.52. The molecule has 0 bridgehead atoms. The van der Waals surface area contributed by atoms with Crippen molar-refractivity contribution in [3.05, 3.63) is 70.2 Å². The molecule has 0 amide bonds. The normalized spacial score (nSPS) is 10.9. The van der Waals surface area contributed by atoms with Crippen LogP contribution in [0.4, 0.5) is 20.3 Å². The minimum Gasteiger partial charge on any atom is -0.710 e. The largest absolute Gasteiger partial charge is 0.710 e. The fourth-order valence-electron chi connectivity index (χ4n) is 2.19. The first-order valence-electron chi connectivity index (χ1n) is 6.45. The minimum atomic E-state index is -1.19. The SMILES string of the molecule is Cc1c(Nc2ccccc2)[n+]([O-])c2cc(F)c(F)cc2[n+]1[O-]. The number of aromatic nitrogens is 2. The van der Waals surface area contributed by atoms with Gasteiger partial charge in [0, 0.05) is 13.0 Å². The Labute approximate surface area is 124 Å². The van der Waals surface area contributed by atoms with E-state index >= 15 is 0 Å². The first-order valence-corrected chi connectivity index (χ1v) is 6.45. The molecule has 0 atom stereocenters. The van der Waals surface area contributed by atoms with Crippen LogP contribution in [0.2, 0.25) is 0 Å². The Morgan fingerprint density at radius 1 is 0.909 bits per heavy atom. The topological polar surface area (TPSA) is 65.9 Å². The number of halogens is 2. The van der Waals surface area contributed by atoms with Crippen LogP contribution in [0.1, 0.15) is 5.69 Å². The van der Waals surface area contributed by atoms with Gasteiger partial charge in [-0.2, -0.15) is 4.73 Å². The van der Waals surface area contributed by atoms with Crippen LogP contribution < -0.4 is 14.8 Å². The average molecular weight is 303 g/mol. The highest BCUT2D eigenvalue weighted by atomic mass is 19.2. The summed E-state index contributed by atoms with van der Waals surface area (Å²) in [5.41, 5.74) is 0.164. The lowest BCUT2D eigenvalue weighted by molar-refractivity contribution is -0.623. The molecule has 0 aliphatic heterocycles. The van der Waals surface area contributed by atoms with E-state index in [1.165, 1.54) is 6.92 Å². The molecule has 1 heterocycles. The fraction of sp³-hybridized carbons (Fsp3) is 0.0667. The Morgan fingerprint density at radius 2 is 1.45 bits per heavy atom. The van der Waals surface area contributed by atoms with Gasteiger partial charge in [-0.15, -0.1) is 0 Å². The predicted octanol–water partition coefficient (Wildman–Crippen LogP) is 2.44. The molecule has 1 N–H and O–H groups in total. The standard InChI is InChI=1S/C15H11F2N3O2/c1-9-15(18-10-5-3-2-4-6-10)20(22)14-8-12(17)11(16)7-13(14)19(9)21/h2-8,18H,1H3. The van der Waals surface area contributed by atoms with Crippen molar-refractivity contribution < 1.29 is 18.2 Å².